The molecule has 0 aliphatic rings. The summed E-state index contributed by atoms with van der Waals surface area (Å²) in [5.74, 6) is -1.71. The smallest absolute Gasteiger partial charge is 0.221 e. The minimum Gasteiger partial charge on any atom is -0.441 e. The van der Waals surface area contributed by atoms with Gasteiger partial charge in [-0.1, -0.05) is 18.2 Å². The number of nitrogens with zero attached hydrogens (tertiary/aromatic N) is 1. The highest BCUT2D eigenvalue weighted by atomic mass is 19.1. The van der Waals surface area contributed by atoms with Crippen molar-refractivity contribution in [2.45, 2.75) is 32.7 Å². The summed E-state index contributed by atoms with van der Waals surface area (Å²) in [6, 6.07) is 10.4. The molecule has 6 nitrogen and oxygen atoms in total. The van der Waals surface area contributed by atoms with Gasteiger partial charge in [-0.2, -0.15) is 0 Å². The van der Waals surface area contributed by atoms with Crippen molar-refractivity contribution < 1.29 is 22.8 Å². The number of benzene rings is 2. The van der Waals surface area contributed by atoms with Crippen molar-refractivity contribution >= 4 is 17.5 Å². The number of carbonyl (C=O) groups excluding carboxylic acids is 2. The van der Waals surface area contributed by atoms with E-state index < -0.39 is 11.6 Å². The lowest BCUT2D eigenvalue weighted by molar-refractivity contribution is -0.121. The Bertz CT molecular complexity index is 1050. The molecular formula is C22H21F2N3O3. The molecule has 30 heavy (non-hydrogen) atoms. The van der Waals surface area contributed by atoms with Crippen LogP contribution in [0.15, 0.2) is 53.1 Å². The predicted octanol–water partition coefficient (Wildman–Crippen LogP) is 4.39. The van der Waals surface area contributed by atoms with Gasteiger partial charge in [-0.3, -0.25) is 9.59 Å². The summed E-state index contributed by atoms with van der Waals surface area (Å²) in [4.78, 5) is 27.5. The van der Waals surface area contributed by atoms with Gasteiger partial charge in [-0.15, -0.1) is 0 Å². The van der Waals surface area contributed by atoms with Crippen molar-refractivity contribution in [3.05, 3.63) is 71.8 Å². The lowest BCUT2D eigenvalue weighted by Gasteiger charge is -2.15. The average Bonchev–Trinajstić information content (AvgIpc) is 3.14. The highest BCUT2D eigenvalue weighted by Gasteiger charge is 2.17. The second-order valence-corrected chi connectivity index (χ2v) is 6.81. The predicted molar refractivity (Wildman–Crippen MR) is 107 cm³/mol. The van der Waals surface area contributed by atoms with E-state index in [9.17, 15) is 18.4 Å². The second-order valence-electron chi connectivity index (χ2n) is 6.81. The van der Waals surface area contributed by atoms with Gasteiger partial charge in [0.15, 0.2) is 11.7 Å². The summed E-state index contributed by atoms with van der Waals surface area (Å²) >= 11 is 0. The van der Waals surface area contributed by atoms with E-state index >= 15 is 0 Å². The van der Waals surface area contributed by atoms with Crippen LogP contribution >= 0.6 is 0 Å². The van der Waals surface area contributed by atoms with E-state index in [0.29, 0.717) is 5.69 Å². The molecule has 2 aromatic carbocycles. The van der Waals surface area contributed by atoms with E-state index in [4.69, 9.17) is 4.42 Å². The minimum atomic E-state index is -0.745. The zero-order chi connectivity index (χ0) is 21.7. The van der Waals surface area contributed by atoms with Crippen LogP contribution < -0.4 is 10.6 Å². The number of rotatable bonds is 7. The molecule has 0 saturated carbocycles. The Hall–Kier alpha value is -3.55. The van der Waals surface area contributed by atoms with E-state index in [1.165, 1.54) is 19.2 Å². The van der Waals surface area contributed by atoms with E-state index in [0.717, 1.165) is 17.7 Å². The number of hydrogen-bond donors (Lipinski definition) is 2. The number of nitrogens with one attached hydrogen (secondary N) is 2. The van der Waals surface area contributed by atoms with Crippen LogP contribution in [-0.4, -0.2) is 16.8 Å². The van der Waals surface area contributed by atoms with Crippen molar-refractivity contribution in [1.29, 1.82) is 0 Å². The maximum atomic E-state index is 13.8. The molecular weight excluding hydrogens is 392 g/mol. The Morgan fingerprint density at radius 3 is 2.53 bits per heavy atom. The molecule has 0 unspecified atom stereocenters. The molecule has 0 spiro atoms. The normalized spacial score (nSPS) is 11.7. The number of aromatic nitrogens is 1. The summed E-state index contributed by atoms with van der Waals surface area (Å²) in [6.45, 7) is 3.25. The van der Waals surface area contributed by atoms with Crippen molar-refractivity contribution in [3.63, 3.8) is 0 Å². The van der Waals surface area contributed by atoms with Gasteiger partial charge in [-0.25, -0.2) is 13.8 Å². The molecule has 0 saturated heterocycles. The number of amides is 2. The maximum Gasteiger partial charge on any atom is 0.221 e. The zero-order valence-electron chi connectivity index (χ0n) is 16.5. The molecule has 0 aliphatic carbocycles. The monoisotopic (exact) mass is 413 g/mol. The van der Waals surface area contributed by atoms with E-state index in [2.05, 4.69) is 15.6 Å². The third-order valence-electron chi connectivity index (χ3n) is 4.41. The first-order chi connectivity index (χ1) is 14.3. The Kier molecular flexibility index (Phi) is 6.56. The molecule has 0 bridgehead atoms. The summed E-state index contributed by atoms with van der Waals surface area (Å²) < 4.78 is 33.1. The molecule has 156 valence electrons. The standard InChI is InChI=1S/C22H21F2N3O3/c1-13(15-5-3-6-16(11-15)27-14(2)28)26-20(29)9-10-21-25-12-19(30-21)22-17(23)7-4-8-18(22)24/h3-8,11-13H,9-10H2,1-2H3,(H,26,29)(H,27,28)/t13-/m1/s1. The first-order valence-corrected chi connectivity index (χ1v) is 9.39. The lowest BCUT2D eigenvalue weighted by Crippen LogP contribution is -2.26. The summed E-state index contributed by atoms with van der Waals surface area (Å²) in [7, 11) is 0. The van der Waals surface area contributed by atoms with E-state index in [1.807, 2.05) is 13.0 Å². The first kappa shape index (κ1) is 21.2. The van der Waals surface area contributed by atoms with Gasteiger partial charge in [-0.05, 0) is 36.8 Å². The Morgan fingerprint density at radius 1 is 1.13 bits per heavy atom. The number of aryl methyl sites for hydroxylation is 1. The first-order valence-electron chi connectivity index (χ1n) is 9.39. The number of carbonyl (C=O) groups is 2. The molecule has 8 heteroatoms. The van der Waals surface area contributed by atoms with Gasteiger partial charge in [0.25, 0.3) is 0 Å². The number of hydrogen-bond acceptors (Lipinski definition) is 4. The van der Waals surface area contributed by atoms with Gasteiger partial charge in [0.1, 0.15) is 11.6 Å². The van der Waals surface area contributed by atoms with Crippen molar-refractivity contribution in [1.82, 2.24) is 10.3 Å². The fourth-order valence-corrected chi connectivity index (χ4v) is 2.98. The number of anilines is 1. The molecule has 0 radical (unpaired) electrons. The molecule has 2 amide bonds. The molecule has 0 aliphatic heterocycles. The molecule has 1 heterocycles. The van der Waals surface area contributed by atoms with Gasteiger partial charge in [0, 0.05) is 25.5 Å². The minimum absolute atomic E-state index is 0.0239. The van der Waals surface area contributed by atoms with Gasteiger partial charge in [0.05, 0.1) is 17.8 Å². The summed E-state index contributed by atoms with van der Waals surface area (Å²) in [5, 5.41) is 5.56. The van der Waals surface area contributed by atoms with Crippen LogP contribution in [0.2, 0.25) is 0 Å². The van der Waals surface area contributed by atoms with Crippen LogP contribution in [0, 0.1) is 11.6 Å². The second kappa shape index (κ2) is 9.30. The largest absolute Gasteiger partial charge is 0.441 e. The molecule has 3 rings (SSSR count). The maximum absolute atomic E-state index is 13.8. The van der Waals surface area contributed by atoms with Crippen LogP contribution in [0.4, 0.5) is 14.5 Å². The Morgan fingerprint density at radius 2 is 1.83 bits per heavy atom. The molecule has 1 atom stereocenters. The third-order valence-corrected chi connectivity index (χ3v) is 4.41. The molecule has 0 fully saturated rings. The Balaban J connectivity index is 1.58. The molecule has 2 N–H and O–H groups in total. The van der Waals surface area contributed by atoms with Crippen molar-refractivity contribution in [3.8, 4) is 11.3 Å². The average molecular weight is 413 g/mol. The molecule has 3 aromatic rings. The summed E-state index contributed by atoms with van der Waals surface area (Å²) in [5.41, 5.74) is 1.20. The zero-order valence-corrected chi connectivity index (χ0v) is 16.5. The van der Waals surface area contributed by atoms with E-state index in [-0.39, 0.29) is 47.9 Å². The number of oxazole rings is 1. The van der Waals surface area contributed by atoms with Crippen LogP contribution in [0.25, 0.3) is 11.3 Å². The van der Waals surface area contributed by atoms with Crippen LogP contribution in [-0.2, 0) is 16.0 Å². The van der Waals surface area contributed by atoms with Crippen LogP contribution in [0.5, 0.6) is 0 Å². The van der Waals surface area contributed by atoms with Crippen LogP contribution in [0.1, 0.15) is 37.8 Å². The van der Waals surface area contributed by atoms with Crippen molar-refractivity contribution in [2.24, 2.45) is 0 Å². The highest BCUT2D eigenvalue weighted by Crippen LogP contribution is 2.27. The fraction of sp³-hybridized carbons (Fsp3) is 0.227. The quantitative estimate of drug-likeness (QED) is 0.602. The topological polar surface area (TPSA) is 84.2 Å². The fourth-order valence-electron chi connectivity index (χ4n) is 2.98. The highest BCUT2D eigenvalue weighted by molar-refractivity contribution is 5.88. The van der Waals surface area contributed by atoms with Crippen molar-refractivity contribution in [2.75, 3.05) is 5.32 Å². The number of halogens is 2. The van der Waals surface area contributed by atoms with Gasteiger partial charge in [0.2, 0.25) is 11.8 Å². The van der Waals surface area contributed by atoms with Gasteiger partial charge < -0.3 is 15.1 Å². The van der Waals surface area contributed by atoms with Gasteiger partial charge >= 0.3 is 0 Å². The van der Waals surface area contributed by atoms with E-state index in [1.54, 1.807) is 18.2 Å². The lowest BCUT2D eigenvalue weighted by atomic mass is 10.1. The van der Waals surface area contributed by atoms with Crippen LogP contribution in [0.3, 0.4) is 0 Å². The Labute approximate surface area is 172 Å². The summed E-state index contributed by atoms with van der Waals surface area (Å²) in [6.07, 6.45) is 1.51. The SMILES string of the molecule is CC(=O)Nc1cccc([C@@H](C)NC(=O)CCc2ncc(-c3c(F)cccc3F)o2)c1. The third kappa shape index (κ3) is 5.28. The molecule has 1 aromatic heterocycles.